The van der Waals surface area contributed by atoms with Crippen molar-refractivity contribution in [3.8, 4) is 0 Å². The van der Waals surface area contributed by atoms with Crippen molar-refractivity contribution in [1.82, 2.24) is 9.55 Å². The number of pyridine rings is 1. The first-order valence-corrected chi connectivity index (χ1v) is 6.42. The maximum Gasteiger partial charge on any atom is 0.284 e. The maximum atomic E-state index is 11.8. The molecule has 18 heavy (non-hydrogen) atoms. The van der Waals surface area contributed by atoms with Crippen molar-refractivity contribution in [3.05, 3.63) is 44.2 Å². The lowest BCUT2D eigenvalue weighted by molar-refractivity contribution is 0.102. The molecule has 0 bridgehead atoms. The highest BCUT2D eigenvalue weighted by Gasteiger charge is 2.11. The predicted molar refractivity (Wildman–Crippen MR) is 71.5 cm³/mol. The average Bonchev–Trinajstić information content (AvgIpc) is 2.78. The number of hydrogen-bond donors (Lipinski definition) is 1. The Morgan fingerprint density at radius 1 is 1.56 bits per heavy atom. The SMILES string of the molecule is CCn1cc(NC(=O)c2ncc(Cl)s2)ccc1=O. The molecule has 2 aromatic heterocycles. The number of thiazole rings is 1. The number of carbonyl (C=O) groups excluding carboxylic acids is 1. The molecule has 1 N–H and O–H groups in total. The summed E-state index contributed by atoms with van der Waals surface area (Å²) in [4.78, 5) is 27.1. The van der Waals surface area contributed by atoms with Crippen molar-refractivity contribution in [2.45, 2.75) is 13.5 Å². The highest BCUT2D eigenvalue weighted by Crippen LogP contribution is 2.19. The summed E-state index contributed by atoms with van der Waals surface area (Å²) in [6.45, 7) is 2.40. The summed E-state index contributed by atoms with van der Waals surface area (Å²) >= 11 is 6.81. The van der Waals surface area contributed by atoms with Crippen LogP contribution in [0.15, 0.2) is 29.3 Å². The molecule has 0 radical (unpaired) electrons. The summed E-state index contributed by atoms with van der Waals surface area (Å²) in [7, 11) is 0. The van der Waals surface area contributed by atoms with Gasteiger partial charge >= 0.3 is 0 Å². The number of halogens is 1. The minimum absolute atomic E-state index is 0.104. The van der Waals surface area contributed by atoms with E-state index in [1.54, 1.807) is 12.3 Å². The largest absolute Gasteiger partial charge is 0.319 e. The van der Waals surface area contributed by atoms with E-state index in [1.807, 2.05) is 6.92 Å². The van der Waals surface area contributed by atoms with Crippen LogP contribution in [-0.4, -0.2) is 15.5 Å². The second kappa shape index (κ2) is 5.32. The smallest absolute Gasteiger partial charge is 0.284 e. The second-order valence-corrected chi connectivity index (χ2v) is 5.13. The van der Waals surface area contributed by atoms with Gasteiger partial charge in [0.05, 0.1) is 11.9 Å². The van der Waals surface area contributed by atoms with Gasteiger partial charge in [0.15, 0.2) is 5.01 Å². The topological polar surface area (TPSA) is 64.0 Å². The Hall–Kier alpha value is -1.66. The first kappa shape index (κ1) is 12.8. The number of aryl methyl sites for hydroxylation is 1. The molecule has 0 aliphatic carbocycles. The standard InChI is InChI=1S/C11H10ClN3O2S/c1-2-15-6-7(3-4-9(15)16)14-10(17)11-13-5-8(12)18-11/h3-6H,2H2,1H3,(H,14,17). The summed E-state index contributed by atoms with van der Waals surface area (Å²) in [6, 6.07) is 2.97. The summed E-state index contributed by atoms with van der Waals surface area (Å²) in [5.74, 6) is -0.340. The molecule has 0 fully saturated rings. The first-order chi connectivity index (χ1) is 8.60. The molecular formula is C11H10ClN3O2S. The van der Waals surface area contributed by atoms with E-state index in [-0.39, 0.29) is 16.5 Å². The monoisotopic (exact) mass is 283 g/mol. The Bertz CT molecular complexity index is 635. The molecule has 0 spiro atoms. The van der Waals surface area contributed by atoms with Crippen LogP contribution < -0.4 is 10.9 Å². The molecule has 5 nitrogen and oxygen atoms in total. The Morgan fingerprint density at radius 2 is 2.33 bits per heavy atom. The number of hydrogen-bond acceptors (Lipinski definition) is 4. The van der Waals surface area contributed by atoms with E-state index < -0.39 is 0 Å². The molecule has 0 aliphatic rings. The molecule has 2 heterocycles. The van der Waals surface area contributed by atoms with Crippen LogP contribution in [0.5, 0.6) is 0 Å². The van der Waals surface area contributed by atoms with E-state index in [0.717, 1.165) is 11.3 Å². The molecule has 0 aromatic carbocycles. The van der Waals surface area contributed by atoms with Gasteiger partial charge in [-0.3, -0.25) is 9.59 Å². The average molecular weight is 284 g/mol. The predicted octanol–water partition coefficient (Wildman–Crippen LogP) is 2.23. The van der Waals surface area contributed by atoms with Gasteiger partial charge in [-0.1, -0.05) is 22.9 Å². The highest BCUT2D eigenvalue weighted by atomic mass is 35.5. The Labute approximate surface area is 112 Å². The zero-order chi connectivity index (χ0) is 13.1. The molecule has 1 amide bonds. The van der Waals surface area contributed by atoms with Crippen molar-refractivity contribution in [2.75, 3.05) is 5.32 Å². The molecule has 0 saturated heterocycles. The van der Waals surface area contributed by atoms with E-state index in [4.69, 9.17) is 11.6 Å². The summed E-state index contributed by atoms with van der Waals surface area (Å²) in [6.07, 6.45) is 3.02. The lowest BCUT2D eigenvalue weighted by atomic mass is 10.4. The van der Waals surface area contributed by atoms with Gasteiger partial charge in [0.1, 0.15) is 4.34 Å². The normalized spacial score (nSPS) is 10.3. The Kier molecular flexibility index (Phi) is 3.78. The highest BCUT2D eigenvalue weighted by molar-refractivity contribution is 7.17. The number of nitrogens with one attached hydrogen (secondary N) is 1. The molecular weight excluding hydrogens is 274 g/mol. The zero-order valence-electron chi connectivity index (χ0n) is 9.51. The van der Waals surface area contributed by atoms with Gasteiger partial charge < -0.3 is 9.88 Å². The fraction of sp³-hybridized carbons (Fsp3) is 0.182. The third-order valence-electron chi connectivity index (χ3n) is 2.25. The van der Waals surface area contributed by atoms with Crippen LogP contribution in [0.25, 0.3) is 0 Å². The minimum Gasteiger partial charge on any atom is -0.319 e. The summed E-state index contributed by atoms with van der Waals surface area (Å²) in [5, 5.41) is 2.95. The quantitative estimate of drug-likeness (QED) is 0.939. The van der Waals surface area contributed by atoms with Crippen LogP contribution in [0.4, 0.5) is 5.69 Å². The molecule has 0 saturated carbocycles. The molecule has 7 heteroatoms. The molecule has 2 aromatic rings. The van der Waals surface area contributed by atoms with Gasteiger partial charge in [-0.15, -0.1) is 0 Å². The minimum atomic E-state index is -0.340. The molecule has 94 valence electrons. The first-order valence-electron chi connectivity index (χ1n) is 5.23. The van der Waals surface area contributed by atoms with Crippen molar-refractivity contribution in [3.63, 3.8) is 0 Å². The number of nitrogens with zero attached hydrogens (tertiary/aromatic N) is 2. The number of rotatable bonds is 3. The number of anilines is 1. The fourth-order valence-electron chi connectivity index (χ4n) is 1.40. The van der Waals surface area contributed by atoms with Crippen molar-refractivity contribution >= 4 is 34.5 Å². The Morgan fingerprint density at radius 3 is 2.94 bits per heavy atom. The van der Waals surface area contributed by atoms with E-state index in [9.17, 15) is 9.59 Å². The number of carbonyl (C=O) groups is 1. The molecule has 0 aliphatic heterocycles. The summed E-state index contributed by atoms with van der Waals surface area (Å²) in [5.41, 5.74) is 0.445. The van der Waals surface area contributed by atoms with Gasteiger partial charge in [0, 0.05) is 18.8 Å². The second-order valence-electron chi connectivity index (χ2n) is 3.47. The van der Waals surface area contributed by atoms with Crippen LogP contribution in [0.2, 0.25) is 4.34 Å². The van der Waals surface area contributed by atoms with Crippen molar-refractivity contribution in [1.29, 1.82) is 0 Å². The van der Waals surface area contributed by atoms with Gasteiger partial charge in [0.25, 0.3) is 11.5 Å². The van der Waals surface area contributed by atoms with Crippen molar-refractivity contribution < 1.29 is 4.79 Å². The summed E-state index contributed by atoms with van der Waals surface area (Å²) < 4.78 is 1.96. The van der Waals surface area contributed by atoms with E-state index >= 15 is 0 Å². The van der Waals surface area contributed by atoms with Crippen molar-refractivity contribution in [2.24, 2.45) is 0 Å². The van der Waals surface area contributed by atoms with E-state index in [0.29, 0.717) is 16.6 Å². The van der Waals surface area contributed by atoms with Crippen LogP contribution in [0.3, 0.4) is 0 Å². The molecule has 0 unspecified atom stereocenters. The number of amides is 1. The number of aromatic nitrogens is 2. The van der Waals surface area contributed by atoms with Crippen LogP contribution in [-0.2, 0) is 6.54 Å². The third kappa shape index (κ3) is 2.77. The van der Waals surface area contributed by atoms with Gasteiger partial charge in [-0.25, -0.2) is 4.98 Å². The van der Waals surface area contributed by atoms with Gasteiger partial charge in [0.2, 0.25) is 0 Å². The van der Waals surface area contributed by atoms with E-state index in [2.05, 4.69) is 10.3 Å². The molecule has 0 atom stereocenters. The fourth-order valence-corrected chi connectivity index (χ4v) is 2.20. The Balaban J connectivity index is 2.19. The lowest BCUT2D eigenvalue weighted by Gasteiger charge is -2.06. The van der Waals surface area contributed by atoms with Gasteiger partial charge in [-0.2, -0.15) is 0 Å². The van der Waals surface area contributed by atoms with Crippen LogP contribution in [0, 0.1) is 0 Å². The van der Waals surface area contributed by atoms with E-state index in [1.165, 1.54) is 16.8 Å². The maximum absolute atomic E-state index is 11.8. The van der Waals surface area contributed by atoms with Gasteiger partial charge in [-0.05, 0) is 13.0 Å². The third-order valence-corrected chi connectivity index (χ3v) is 3.37. The van der Waals surface area contributed by atoms with Crippen LogP contribution >= 0.6 is 22.9 Å². The zero-order valence-corrected chi connectivity index (χ0v) is 11.1. The molecule has 2 rings (SSSR count). The van der Waals surface area contributed by atoms with Crippen LogP contribution in [0.1, 0.15) is 16.7 Å². The lowest BCUT2D eigenvalue weighted by Crippen LogP contribution is -2.19.